The number of hydrogen-bond donors (Lipinski definition) is 2. The van der Waals surface area contributed by atoms with Crippen molar-refractivity contribution in [1.29, 1.82) is 0 Å². The number of allylic oxidation sites excluding steroid dienone is 8. The van der Waals surface area contributed by atoms with Gasteiger partial charge in [-0.1, -0.05) is 121 Å². The summed E-state index contributed by atoms with van der Waals surface area (Å²) in [6.45, 7) is 6.25. The highest BCUT2D eigenvalue weighted by atomic mass is 16.6. The molecule has 0 aromatic carbocycles. The number of carbonyl (C=O) groups is 2. The summed E-state index contributed by atoms with van der Waals surface area (Å²) in [5.74, 6) is 0.147. The van der Waals surface area contributed by atoms with Crippen molar-refractivity contribution in [2.75, 3.05) is 13.2 Å². The smallest absolute Gasteiger partial charge is 0.305 e. The molecule has 0 unspecified atom stereocenters. The van der Waals surface area contributed by atoms with Gasteiger partial charge in [-0.05, 0) is 63.7 Å². The quantitative estimate of drug-likeness (QED) is 0.0502. The van der Waals surface area contributed by atoms with Crippen LogP contribution in [-0.2, 0) is 19.1 Å². The Kier molecular flexibility index (Phi) is 29.7. The van der Waals surface area contributed by atoms with Crippen LogP contribution in [0.3, 0.4) is 0 Å². The highest BCUT2D eigenvalue weighted by Crippen LogP contribution is 2.13. The molecule has 0 aromatic heterocycles. The molecule has 0 radical (unpaired) electrons. The molecule has 0 bridgehead atoms. The van der Waals surface area contributed by atoms with E-state index in [9.17, 15) is 19.8 Å². The highest BCUT2D eigenvalue weighted by Gasteiger charge is 2.12. The minimum absolute atomic E-state index is 0.142. The lowest BCUT2D eigenvalue weighted by Crippen LogP contribution is -2.25. The van der Waals surface area contributed by atoms with Crippen LogP contribution in [0.15, 0.2) is 48.6 Å². The van der Waals surface area contributed by atoms with E-state index in [-0.39, 0.29) is 31.3 Å². The summed E-state index contributed by atoms with van der Waals surface area (Å²) in [6.07, 6.45) is 34.0. The van der Waals surface area contributed by atoms with E-state index in [1.807, 2.05) is 6.92 Å². The Balaban J connectivity index is 3.60. The average Bonchev–Trinajstić information content (AvgIpc) is 2.99. The number of unbranched alkanes of at least 4 members (excludes halogenated alkanes) is 8. The summed E-state index contributed by atoms with van der Waals surface area (Å²) in [6, 6.07) is 0. The predicted molar refractivity (Wildman–Crippen MR) is 179 cm³/mol. The predicted octanol–water partition coefficient (Wildman–Crippen LogP) is 9.11. The van der Waals surface area contributed by atoms with E-state index in [1.54, 1.807) is 0 Å². The second-order valence-electron chi connectivity index (χ2n) is 11.9. The first-order valence-electron chi connectivity index (χ1n) is 17.1. The summed E-state index contributed by atoms with van der Waals surface area (Å²) < 4.78 is 10.2. The van der Waals surface area contributed by atoms with Crippen molar-refractivity contribution in [3.63, 3.8) is 0 Å². The molecule has 0 aromatic rings. The van der Waals surface area contributed by atoms with Gasteiger partial charge in [-0.25, -0.2) is 0 Å². The first-order chi connectivity index (χ1) is 20.8. The van der Waals surface area contributed by atoms with E-state index in [1.165, 1.54) is 38.5 Å². The van der Waals surface area contributed by atoms with Gasteiger partial charge in [0.25, 0.3) is 0 Å². The molecule has 0 spiro atoms. The minimum Gasteiger partial charge on any atom is -0.463 e. The zero-order valence-electron chi connectivity index (χ0n) is 27.7. The molecule has 2 atom stereocenters. The number of aliphatic hydroxyl groups excluding tert-OH is 2. The Labute approximate surface area is 263 Å². The van der Waals surface area contributed by atoms with E-state index < -0.39 is 6.10 Å². The number of hydrogen-bond acceptors (Lipinski definition) is 6. The Morgan fingerprint density at radius 2 is 1.00 bits per heavy atom. The van der Waals surface area contributed by atoms with Gasteiger partial charge >= 0.3 is 11.9 Å². The summed E-state index contributed by atoms with van der Waals surface area (Å²) >= 11 is 0. The van der Waals surface area contributed by atoms with E-state index in [0.717, 1.165) is 70.1 Å². The molecule has 0 heterocycles. The summed E-state index contributed by atoms with van der Waals surface area (Å²) in [7, 11) is 0. The van der Waals surface area contributed by atoms with Gasteiger partial charge < -0.3 is 19.7 Å². The minimum atomic E-state index is -0.993. The zero-order chi connectivity index (χ0) is 31.8. The number of carbonyl (C=O) groups excluding carboxylic acids is 2. The van der Waals surface area contributed by atoms with Gasteiger partial charge in [0, 0.05) is 12.8 Å². The van der Waals surface area contributed by atoms with E-state index >= 15 is 0 Å². The fourth-order valence-corrected chi connectivity index (χ4v) is 4.36. The van der Waals surface area contributed by atoms with E-state index in [2.05, 4.69) is 62.5 Å². The number of aliphatic hydroxyl groups is 2. The lowest BCUT2D eigenvalue weighted by Gasteiger charge is -2.12. The largest absolute Gasteiger partial charge is 0.463 e. The van der Waals surface area contributed by atoms with Crippen molar-refractivity contribution in [1.82, 2.24) is 0 Å². The third kappa shape index (κ3) is 32.6. The molecule has 0 saturated carbocycles. The Morgan fingerprint density at radius 3 is 1.51 bits per heavy atom. The van der Waals surface area contributed by atoms with Crippen molar-refractivity contribution >= 4 is 11.9 Å². The molecule has 6 heteroatoms. The SMILES string of the molecule is CC[C@H](O)CC/C=C\C/C=C\C/C=C\C/C=C\CCCC(=O)OC[C@@H](O)COC(=O)CCCCCCCCCCC(C)C. The normalized spacial score (nSPS) is 13.6. The van der Waals surface area contributed by atoms with Crippen LogP contribution in [0.4, 0.5) is 0 Å². The van der Waals surface area contributed by atoms with Crippen LogP contribution in [0.5, 0.6) is 0 Å². The van der Waals surface area contributed by atoms with Crippen molar-refractivity contribution in [3.05, 3.63) is 48.6 Å². The summed E-state index contributed by atoms with van der Waals surface area (Å²) in [5, 5.41) is 19.5. The van der Waals surface area contributed by atoms with E-state index in [0.29, 0.717) is 19.3 Å². The second-order valence-corrected chi connectivity index (χ2v) is 11.9. The molecule has 0 aliphatic rings. The molecule has 6 nitrogen and oxygen atoms in total. The van der Waals surface area contributed by atoms with Crippen molar-refractivity contribution in [2.24, 2.45) is 5.92 Å². The van der Waals surface area contributed by atoms with Crippen LogP contribution >= 0.6 is 0 Å². The van der Waals surface area contributed by atoms with Gasteiger partial charge in [0.2, 0.25) is 0 Å². The van der Waals surface area contributed by atoms with Crippen LogP contribution in [0, 0.1) is 5.92 Å². The van der Waals surface area contributed by atoms with Gasteiger partial charge in [0.1, 0.15) is 19.3 Å². The van der Waals surface area contributed by atoms with Crippen molar-refractivity contribution < 1.29 is 29.3 Å². The molecule has 0 fully saturated rings. The van der Waals surface area contributed by atoms with Crippen LogP contribution in [0.25, 0.3) is 0 Å². The van der Waals surface area contributed by atoms with Crippen LogP contribution in [0.2, 0.25) is 0 Å². The Bertz CT molecular complexity index is 767. The third-order valence-corrected chi connectivity index (χ3v) is 7.16. The van der Waals surface area contributed by atoms with Crippen LogP contribution in [-0.4, -0.2) is 47.6 Å². The number of esters is 2. The van der Waals surface area contributed by atoms with Gasteiger partial charge in [-0.2, -0.15) is 0 Å². The molecule has 248 valence electrons. The zero-order valence-corrected chi connectivity index (χ0v) is 27.7. The topological polar surface area (TPSA) is 93.1 Å². The molecule has 0 rings (SSSR count). The summed E-state index contributed by atoms with van der Waals surface area (Å²) in [4.78, 5) is 23.8. The highest BCUT2D eigenvalue weighted by molar-refractivity contribution is 5.69. The Morgan fingerprint density at radius 1 is 0.558 bits per heavy atom. The van der Waals surface area contributed by atoms with E-state index in [4.69, 9.17) is 9.47 Å². The maximum absolute atomic E-state index is 11.9. The maximum Gasteiger partial charge on any atom is 0.305 e. The monoisotopic (exact) mass is 604 g/mol. The molecule has 0 saturated heterocycles. The van der Waals surface area contributed by atoms with Crippen molar-refractivity contribution in [2.45, 2.75) is 155 Å². The molecule has 0 amide bonds. The lowest BCUT2D eigenvalue weighted by molar-refractivity contribution is -0.152. The maximum atomic E-state index is 11.9. The fraction of sp³-hybridized carbons (Fsp3) is 0.730. The third-order valence-electron chi connectivity index (χ3n) is 7.16. The van der Waals surface area contributed by atoms with Gasteiger partial charge in [-0.15, -0.1) is 0 Å². The first-order valence-corrected chi connectivity index (χ1v) is 17.1. The lowest BCUT2D eigenvalue weighted by atomic mass is 10.0. The molecular weight excluding hydrogens is 540 g/mol. The molecular formula is C37H64O6. The van der Waals surface area contributed by atoms with Crippen LogP contribution < -0.4 is 0 Å². The molecule has 43 heavy (non-hydrogen) atoms. The number of rotatable bonds is 29. The number of ether oxygens (including phenoxy) is 2. The second kappa shape index (κ2) is 31.3. The van der Waals surface area contributed by atoms with Crippen LogP contribution in [0.1, 0.15) is 143 Å². The molecule has 2 N–H and O–H groups in total. The Hall–Kier alpha value is -2.18. The van der Waals surface area contributed by atoms with Gasteiger partial charge in [-0.3, -0.25) is 9.59 Å². The van der Waals surface area contributed by atoms with Gasteiger partial charge in [0.15, 0.2) is 0 Å². The molecule has 0 aliphatic carbocycles. The first kappa shape index (κ1) is 40.8. The standard InChI is InChI=1S/C37H64O6/c1-4-34(38)28-24-20-16-11-9-7-5-6-8-10-12-17-21-25-29-36(40)42-31-35(39)32-43-37(41)30-26-22-18-14-13-15-19-23-27-33(2)3/h6-9,12,16-17,20,33-35,38-39H,4-5,10-11,13-15,18-19,21-32H2,1-3H3/b8-6-,9-7-,17-12-,20-16-/t34-,35+/m0/s1. The average molecular weight is 605 g/mol. The summed E-state index contributed by atoms with van der Waals surface area (Å²) in [5.41, 5.74) is 0. The van der Waals surface area contributed by atoms with Gasteiger partial charge in [0.05, 0.1) is 6.10 Å². The fourth-order valence-electron chi connectivity index (χ4n) is 4.36. The molecule has 0 aliphatic heterocycles. The van der Waals surface area contributed by atoms with Crippen molar-refractivity contribution in [3.8, 4) is 0 Å².